The maximum Gasteiger partial charge on any atom is 0.262 e. The predicted octanol–water partition coefficient (Wildman–Crippen LogP) is 2.30. The largest absolute Gasteiger partial charge is 0.481 e. The topological polar surface area (TPSA) is 29.5 Å². The zero-order chi connectivity index (χ0) is 11.4. The summed E-state index contributed by atoms with van der Waals surface area (Å²) >= 11 is 3.33. The number of nitrogens with zero attached hydrogens (tertiary/aromatic N) is 1. The highest BCUT2D eigenvalue weighted by Crippen LogP contribution is 2.17. The lowest BCUT2D eigenvalue weighted by Gasteiger charge is -2.18. The van der Waals surface area contributed by atoms with Gasteiger partial charge in [0, 0.05) is 18.6 Å². The van der Waals surface area contributed by atoms with Gasteiger partial charge in [0.2, 0.25) is 0 Å². The van der Waals surface area contributed by atoms with E-state index >= 15 is 0 Å². The third-order valence-corrected chi connectivity index (χ3v) is 2.44. The summed E-state index contributed by atoms with van der Waals surface area (Å²) in [6.45, 7) is 1.74. The maximum atomic E-state index is 11.5. The van der Waals surface area contributed by atoms with Crippen molar-refractivity contribution in [1.29, 1.82) is 0 Å². The highest BCUT2D eigenvalue weighted by atomic mass is 79.9. The summed E-state index contributed by atoms with van der Waals surface area (Å²) in [5, 5.41) is 0. The summed E-state index contributed by atoms with van der Waals surface area (Å²) in [5.41, 5.74) is 0. The van der Waals surface area contributed by atoms with Crippen molar-refractivity contribution in [2.24, 2.45) is 0 Å². The number of halogens is 1. The number of carbonyl (C=O) groups excluding carboxylic acids is 1. The quantitative estimate of drug-likeness (QED) is 0.845. The van der Waals surface area contributed by atoms with Crippen molar-refractivity contribution in [3.8, 4) is 5.75 Å². The standard InChI is InChI=1S/C11H14BrNO2/c1-8(11(14)13(2)3)15-10-6-4-9(12)5-7-10/h4-8H,1-3H3/t8-/m1/s1. The third-order valence-electron chi connectivity index (χ3n) is 1.92. The molecule has 0 N–H and O–H groups in total. The van der Waals surface area contributed by atoms with Crippen LogP contribution in [0, 0.1) is 0 Å². The summed E-state index contributed by atoms with van der Waals surface area (Å²) in [5.74, 6) is 0.652. The predicted molar refractivity (Wildman–Crippen MR) is 62.9 cm³/mol. The van der Waals surface area contributed by atoms with Crippen molar-refractivity contribution >= 4 is 21.8 Å². The summed E-state index contributed by atoms with van der Waals surface area (Å²) < 4.78 is 6.47. The van der Waals surface area contributed by atoms with Crippen LogP contribution in [-0.4, -0.2) is 31.0 Å². The first-order valence-electron chi connectivity index (χ1n) is 4.64. The van der Waals surface area contributed by atoms with Gasteiger partial charge in [0.15, 0.2) is 6.10 Å². The Balaban J connectivity index is 2.62. The van der Waals surface area contributed by atoms with E-state index in [9.17, 15) is 4.79 Å². The lowest BCUT2D eigenvalue weighted by atomic mass is 10.3. The van der Waals surface area contributed by atoms with Crippen LogP contribution in [0.1, 0.15) is 6.92 Å². The van der Waals surface area contributed by atoms with E-state index < -0.39 is 6.10 Å². The smallest absolute Gasteiger partial charge is 0.262 e. The Morgan fingerprint density at radius 2 is 1.87 bits per heavy atom. The Kier molecular flexibility index (Phi) is 4.15. The number of hydrogen-bond acceptors (Lipinski definition) is 2. The minimum Gasteiger partial charge on any atom is -0.481 e. The van der Waals surface area contributed by atoms with Crippen LogP contribution >= 0.6 is 15.9 Å². The van der Waals surface area contributed by atoms with Gasteiger partial charge in [0.05, 0.1) is 0 Å². The van der Waals surface area contributed by atoms with E-state index in [-0.39, 0.29) is 5.91 Å². The Labute approximate surface area is 98.2 Å². The van der Waals surface area contributed by atoms with E-state index in [1.807, 2.05) is 24.3 Å². The lowest BCUT2D eigenvalue weighted by molar-refractivity contribution is -0.135. The number of hydrogen-bond donors (Lipinski definition) is 0. The van der Waals surface area contributed by atoms with E-state index in [0.29, 0.717) is 5.75 Å². The molecule has 0 aromatic heterocycles. The molecule has 15 heavy (non-hydrogen) atoms. The molecule has 0 bridgehead atoms. The van der Waals surface area contributed by atoms with Gasteiger partial charge in [0.1, 0.15) is 5.75 Å². The van der Waals surface area contributed by atoms with Gasteiger partial charge in [-0.1, -0.05) is 15.9 Å². The third kappa shape index (κ3) is 3.55. The fourth-order valence-corrected chi connectivity index (χ4v) is 1.40. The first-order valence-corrected chi connectivity index (χ1v) is 5.43. The Bertz CT molecular complexity index is 335. The van der Waals surface area contributed by atoms with Gasteiger partial charge in [-0.05, 0) is 31.2 Å². The highest BCUT2D eigenvalue weighted by molar-refractivity contribution is 9.10. The molecule has 1 amide bonds. The number of carbonyl (C=O) groups is 1. The maximum absolute atomic E-state index is 11.5. The number of amides is 1. The van der Waals surface area contributed by atoms with Crippen molar-refractivity contribution in [3.05, 3.63) is 28.7 Å². The van der Waals surface area contributed by atoms with Crippen LogP contribution in [0.2, 0.25) is 0 Å². The second kappa shape index (κ2) is 5.16. The Morgan fingerprint density at radius 1 is 1.33 bits per heavy atom. The SMILES string of the molecule is C[C@@H](Oc1ccc(Br)cc1)C(=O)N(C)C. The van der Waals surface area contributed by atoms with Gasteiger partial charge < -0.3 is 9.64 Å². The van der Waals surface area contributed by atoms with Crippen molar-refractivity contribution in [1.82, 2.24) is 4.90 Å². The molecule has 1 rings (SSSR count). The van der Waals surface area contributed by atoms with E-state index in [4.69, 9.17) is 4.74 Å². The van der Waals surface area contributed by atoms with Crippen molar-refractivity contribution in [2.45, 2.75) is 13.0 Å². The fourth-order valence-electron chi connectivity index (χ4n) is 1.13. The molecular formula is C11H14BrNO2. The summed E-state index contributed by atoms with van der Waals surface area (Å²) in [4.78, 5) is 13.0. The van der Waals surface area contributed by atoms with E-state index in [1.54, 1.807) is 21.0 Å². The van der Waals surface area contributed by atoms with Crippen LogP contribution in [0.4, 0.5) is 0 Å². The molecule has 82 valence electrons. The number of ether oxygens (including phenoxy) is 1. The molecule has 0 unspecified atom stereocenters. The number of rotatable bonds is 3. The highest BCUT2D eigenvalue weighted by Gasteiger charge is 2.15. The molecule has 0 saturated heterocycles. The Hall–Kier alpha value is -1.03. The average Bonchev–Trinajstić information content (AvgIpc) is 2.20. The molecule has 0 aliphatic rings. The Morgan fingerprint density at radius 3 is 2.33 bits per heavy atom. The van der Waals surface area contributed by atoms with Crippen LogP contribution in [0.15, 0.2) is 28.7 Å². The molecule has 1 aromatic rings. The second-order valence-corrected chi connectivity index (χ2v) is 4.36. The number of benzene rings is 1. The van der Waals surface area contributed by atoms with Crippen LogP contribution in [0.25, 0.3) is 0 Å². The molecule has 0 fully saturated rings. The van der Waals surface area contributed by atoms with Gasteiger partial charge in [-0.3, -0.25) is 4.79 Å². The van der Waals surface area contributed by atoms with Crippen molar-refractivity contribution in [2.75, 3.05) is 14.1 Å². The minimum absolute atomic E-state index is 0.0436. The zero-order valence-electron chi connectivity index (χ0n) is 9.03. The molecule has 0 saturated carbocycles. The van der Waals surface area contributed by atoms with Crippen LogP contribution in [0.5, 0.6) is 5.75 Å². The molecule has 4 heteroatoms. The van der Waals surface area contributed by atoms with E-state index in [1.165, 1.54) is 4.90 Å². The molecule has 3 nitrogen and oxygen atoms in total. The first kappa shape index (κ1) is 12.0. The zero-order valence-corrected chi connectivity index (χ0v) is 10.6. The van der Waals surface area contributed by atoms with Crippen LogP contribution in [-0.2, 0) is 4.79 Å². The van der Waals surface area contributed by atoms with Crippen LogP contribution < -0.4 is 4.74 Å². The van der Waals surface area contributed by atoms with E-state index in [0.717, 1.165) is 4.47 Å². The van der Waals surface area contributed by atoms with E-state index in [2.05, 4.69) is 15.9 Å². The minimum atomic E-state index is -0.457. The molecule has 0 aliphatic heterocycles. The fraction of sp³-hybridized carbons (Fsp3) is 0.364. The second-order valence-electron chi connectivity index (χ2n) is 3.45. The summed E-state index contributed by atoms with van der Waals surface area (Å²) in [6, 6.07) is 7.40. The molecule has 0 spiro atoms. The van der Waals surface area contributed by atoms with Gasteiger partial charge in [-0.25, -0.2) is 0 Å². The van der Waals surface area contributed by atoms with Gasteiger partial charge in [-0.15, -0.1) is 0 Å². The van der Waals surface area contributed by atoms with Gasteiger partial charge >= 0.3 is 0 Å². The first-order chi connectivity index (χ1) is 7.00. The number of likely N-dealkylation sites (N-methyl/N-ethyl adjacent to an activating group) is 1. The summed E-state index contributed by atoms with van der Waals surface area (Å²) in [6.07, 6.45) is -0.457. The lowest BCUT2D eigenvalue weighted by Crippen LogP contribution is -2.35. The molecule has 0 aliphatic carbocycles. The normalized spacial score (nSPS) is 12.0. The monoisotopic (exact) mass is 271 g/mol. The molecule has 0 heterocycles. The van der Waals surface area contributed by atoms with Crippen molar-refractivity contribution < 1.29 is 9.53 Å². The molecule has 1 atom stereocenters. The van der Waals surface area contributed by atoms with Gasteiger partial charge in [-0.2, -0.15) is 0 Å². The average molecular weight is 272 g/mol. The van der Waals surface area contributed by atoms with Crippen LogP contribution in [0.3, 0.4) is 0 Å². The molecular weight excluding hydrogens is 258 g/mol. The van der Waals surface area contributed by atoms with Crippen molar-refractivity contribution in [3.63, 3.8) is 0 Å². The molecule has 1 aromatic carbocycles. The molecule has 0 radical (unpaired) electrons. The summed E-state index contributed by atoms with van der Waals surface area (Å²) in [7, 11) is 3.42. The van der Waals surface area contributed by atoms with Gasteiger partial charge in [0.25, 0.3) is 5.91 Å².